The van der Waals surface area contributed by atoms with E-state index in [1.54, 1.807) is 11.8 Å². The van der Waals surface area contributed by atoms with Crippen LogP contribution in [0.1, 0.15) is 13.3 Å². The van der Waals surface area contributed by atoms with Crippen molar-refractivity contribution in [1.29, 1.82) is 5.26 Å². The lowest BCUT2D eigenvalue weighted by Crippen LogP contribution is -2.38. The molecule has 0 saturated carbocycles. The van der Waals surface area contributed by atoms with E-state index in [4.69, 9.17) is 5.26 Å². The van der Waals surface area contributed by atoms with Crippen molar-refractivity contribution in [3.63, 3.8) is 0 Å². The third-order valence-corrected chi connectivity index (χ3v) is 3.95. The Labute approximate surface area is 110 Å². The molecule has 16 heavy (non-hydrogen) atoms. The molecule has 0 aliphatic heterocycles. The van der Waals surface area contributed by atoms with E-state index in [-0.39, 0.29) is 0 Å². The lowest BCUT2D eigenvalue weighted by atomic mass is 10.0. The zero-order chi connectivity index (χ0) is 12.0. The van der Waals surface area contributed by atoms with Crippen molar-refractivity contribution in [1.82, 2.24) is 5.32 Å². The number of hydrogen-bond acceptors (Lipinski definition) is 3. The van der Waals surface area contributed by atoms with E-state index in [0.29, 0.717) is 0 Å². The lowest BCUT2D eigenvalue weighted by Gasteiger charge is -2.19. The van der Waals surface area contributed by atoms with Crippen LogP contribution in [-0.2, 0) is 0 Å². The molecule has 0 aliphatic carbocycles. The molecule has 1 rings (SSSR count). The third kappa shape index (κ3) is 4.17. The van der Waals surface area contributed by atoms with Gasteiger partial charge in [0.2, 0.25) is 0 Å². The maximum atomic E-state index is 9.00. The van der Waals surface area contributed by atoms with E-state index in [1.165, 1.54) is 4.90 Å². The molecule has 0 spiro atoms. The van der Waals surface area contributed by atoms with Crippen LogP contribution in [0.4, 0.5) is 0 Å². The summed E-state index contributed by atoms with van der Waals surface area (Å²) in [6.07, 6.45) is 0.831. The summed E-state index contributed by atoms with van der Waals surface area (Å²) in [6, 6.07) is 10.5. The average molecular weight is 299 g/mol. The Hall–Kier alpha value is -0.500. The normalized spacial score (nSPS) is 14.1. The first-order valence-corrected chi connectivity index (χ1v) is 6.86. The maximum Gasteiger partial charge on any atom is 0.104 e. The molecule has 0 bridgehead atoms. The highest BCUT2D eigenvalue weighted by atomic mass is 79.9. The lowest BCUT2D eigenvalue weighted by molar-refractivity contribution is 0.480. The molecule has 0 heterocycles. The van der Waals surface area contributed by atoms with Crippen molar-refractivity contribution in [2.75, 3.05) is 12.8 Å². The van der Waals surface area contributed by atoms with Crippen LogP contribution in [0.3, 0.4) is 0 Å². The van der Waals surface area contributed by atoms with E-state index in [2.05, 4.69) is 39.4 Å². The first kappa shape index (κ1) is 13.6. The zero-order valence-electron chi connectivity index (χ0n) is 9.46. The van der Waals surface area contributed by atoms with Gasteiger partial charge in [0.05, 0.1) is 6.07 Å². The smallest absolute Gasteiger partial charge is 0.104 e. The van der Waals surface area contributed by atoms with E-state index >= 15 is 0 Å². The first-order chi connectivity index (χ1) is 7.59. The van der Waals surface area contributed by atoms with E-state index in [0.717, 1.165) is 16.6 Å². The van der Waals surface area contributed by atoms with Gasteiger partial charge in [0.15, 0.2) is 0 Å². The number of halogens is 1. The van der Waals surface area contributed by atoms with Gasteiger partial charge < -0.3 is 5.32 Å². The molecule has 0 fully saturated rings. The van der Waals surface area contributed by atoms with Crippen LogP contribution in [-0.4, -0.2) is 18.3 Å². The van der Waals surface area contributed by atoms with Crippen molar-refractivity contribution in [3.8, 4) is 6.07 Å². The summed E-state index contributed by atoms with van der Waals surface area (Å²) in [5.74, 6) is 0.932. The van der Waals surface area contributed by atoms with E-state index in [9.17, 15) is 0 Å². The Kier molecular flexibility index (Phi) is 5.33. The molecular formula is C12H15BrN2S. The molecule has 1 aromatic rings. The molecule has 4 heteroatoms. The van der Waals surface area contributed by atoms with Crippen LogP contribution in [0.25, 0.3) is 0 Å². The van der Waals surface area contributed by atoms with Gasteiger partial charge >= 0.3 is 0 Å². The fraction of sp³-hybridized carbons (Fsp3) is 0.417. The third-order valence-electron chi connectivity index (χ3n) is 2.47. The second-order valence-electron chi connectivity index (χ2n) is 3.75. The molecule has 2 nitrogen and oxygen atoms in total. The Bertz CT molecular complexity index is 389. The van der Waals surface area contributed by atoms with Crippen LogP contribution in [0.2, 0.25) is 0 Å². The van der Waals surface area contributed by atoms with Crippen LogP contribution >= 0.6 is 27.7 Å². The summed E-state index contributed by atoms with van der Waals surface area (Å²) in [5.41, 5.74) is -0.418. The minimum absolute atomic E-state index is 0.418. The minimum Gasteiger partial charge on any atom is -0.303 e. The molecule has 1 atom stereocenters. The van der Waals surface area contributed by atoms with Crippen molar-refractivity contribution >= 4 is 27.7 Å². The van der Waals surface area contributed by atoms with Gasteiger partial charge in [-0.15, -0.1) is 11.8 Å². The van der Waals surface area contributed by atoms with Crippen LogP contribution in [0, 0.1) is 11.3 Å². The minimum atomic E-state index is -0.418. The average Bonchev–Trinajstić information content (AvgIpc) is 2.29. The van der Waals surface area contributed by atoms with Gasteiger partial charge in [-0.3, -0.25) is 0 Å². The number of hydrogen-bond donors (Lipinski definition) is 1. The van der Waals surface area contributed by atoms with Crippen molar-refractivity contribution in [3.05, 3.63) is 28.7 Å². The van der Waals surface area contributed by atoms with Gasteiger partial charge in [-0.1, -0.05) is 22.0 Å². The first-order valence-electron chi connectivity index (χ1n) is 5.08. The molecule has 1 N–H and O–H groups in total. The Morgan fingerprint density at radius 1 is 1.56 bits per heavy atom. The summed E-state index contributed by atoms with van der Waals surface area (Å²) in [5, 5.41) is 12.0. The molecule has 0 amide bonds. The predicted molar refractivity (Wildman–Crippen MR) is 72.6 cm³/mol. The molecule has 86 valence electrons. The van der Waals surface area contributed by atoms with Crippen molar-refractivity contribution in [2.45, 2.75) is 23.8 Å². The van der Waals surface area contributed by atoms with Gasteiger partial charge in [-0.05, 0) is 38.6 Å². The number of nitrogens with zero attached hydrogens (tertiary/aromatic N) is 1. The summed E-state index contributed by atoms with van der Waals surface area (Å²) >= 11 is 5.21. The van der Waals surface area contributed by atoms with E-state index < -0.39 is 5.54 Å². The van der Waals surface area contributed by atoms with Gasteiger partial charge in [0, 0.05) is 15.1 Å². The summed E-state index contributed by atoms with van der Waals surface area (Å²) in [4.78, 5) is 1.23. The Morgan fingerprint density at radius 2 is 2.31 bits per heavy atom. The molecule has 0 saturated heterocycles. The van der Waals surface area contributed by atoms with Gasteiger partial charge in [0.1, 0.15) is 5.54 Å². The monoisotopic (exact) mass is 298 g/mol. The SMILES string of the molecule is CNC(C)(C#N)CCSc1cccc(Br)c1. The summed E-state index contributed by atoms with van der Waals surface area (Å²) in [7, 11) is 1.83. The fourth-order valence-corrected chi connectivity index (χ4v) is 2.85. The standard InChI is InChI=1S/C12H15BrN2S/c1-12(9-14,15-2)6-7-16-11-5-3-4-10(13)8-11/h3-5,8,15H,6-7H2,1-2H3. The number of nitriles is 1. The van der Waals surface area contributed by atoms with Crippen LogP contribution in [0.5, 0.6) is 0 Å². The quantitative estimate of drug-likeness (QED) is 0.846. The summed E-state index contributed by atoms with van der Waals surface area (Å²) < 4.78 is 1.09. The molecule has 1 unspecified atom stereocenters. The number of rotatable bonds is 5. The number of benzene rings is 1. The zero-order valence-corrected chi connectivity index (χ0v) is 11.9. The van der Waals surface area contributed by atoms with Crippen molar-refractivity contribution in [2.24, 2.45) is 0 Å². The van der Waals surface area contributed by atoms with Gasteiger partial charge in [0.25, 0.3) is 0 Å². The van der Waals surface area contributed by atoms with E-state index in [1.807, 2.05) is 26.1 Å². The number of nitrogens with one attached hydrogen (secondary N) is 1. The topological polar surface area (TPSA) is 35.8 Å². The van der Waals surface area contributed by atoms with Crippen LogP contribution in [0.15, 0.2) is 33.6 Å². The largest absolute Gasteiger partial charge is 0.303 e. The highest BCUT2D eigenvalue weighted by Gasteiger charge is 2.20. The molecule has 0 aromatic heterocycles. The molecular weight excluding hydrogens is 284 g/mol. The molecule has 0 radical (unpaired) electrons. The Morgan fingerprint density at radius 3 is 2.88 bits per heavy atom. The maximum absolute atomic E-state index is 9.00. The predicted octanol–water partition coefficient (Wildman–Crippen LogP) is 3.43. The highest BCUT2D eigenvalue weighted by Crippen LogP contribution is 2.24. The van der Waals surface area contributed by atoms with Gasteiger partial charge in [-0.25, -0.2) is 0 Å². The van der Waals surface area contributed by atoms with Gasteiger partial charge in [-0.2, -0.15) is 5.26 Å². The molecule has 0 aliphatic rings. The fourth-order valence-electron chi connectivity index (χ4n) is 1.17. The molecule has 1 aromatic carbocycles. The Balaban J connectivity index is 2.45. The number of thioether (sulfide) groups is 1. The highest BCUT2D eigenvalue weighted by molar-refractivity contribution is 9.10. The second-order valence-corrected chi connectivity index (χ2v) is 5.83. The second kappa shape index (κ2) is 6.29. The summed E-state index contributed by atoms with van der Waals surface area (Å²) in [6.45, 7) is 1.93. The van der Waals surface area contributed by atoms with Crippen LogP contribution < -0.4 is 5.32 Å². The van der Waals surface area contributed by atoms with Crippen molar-refractivity contribution < 1.29 is 0 Å².